The number of ether oxygens (including phenoxy) is 5. The van der Waals surface area contributed by atoms with Crippen molar-refractivity contribution in [2.45, 2.75) is 0 Å². The fraction of sp³-hybridized carbons (Fsp3) is 0.400. The average Bonchev–Trinajstić information content (AvgIpc) is 2.71. The van der Waals surface area contributed by atoms with Gasteiger partial charge in [0.25, 0.3) is 0 Å². The molecule has 0 N–H and O–H groups in total. The maximum Gasteiger partial charge on any atom is 0.161 e. The number of hydrogen-bond donors (Lipinski definition) is 0. The fourth-order valence-corrected chi connectivity index (χ4v) is 2.64. The third kappa shape index (κ3) is 8.73. The first-order chi connectivity index (χ1) is 13.3. The number of benzene rings is 2. The molecule has 0 atom stereocenters. The minimum absolute atomic E-state index is 0.458. The molecule has 0 radical (unpaired) electrons. The largest absolute Gasteiger partial charge is 0.489 e. The van der Waals surface area contributed by atoms with E-state index in [0.717, 1.165) is 31.9 Å². The molecular formula is C20H24I2O5. The summed E-state index contributed by atoms with van der Waals surface area (Å²) in [7, 11) is 0. The summed E-state index contributed by atoms with van der Waals surface area (Å²) in [6.07, 6.45) is 0. The van der Waals surface area contributed by atoms with E-state index in [9.17, 15) is 0 Å². The zero-order valence-corrected chi connectivity index (χ0v) is 19.4. The van der Waals surface area contributed by atoms with Gasteiger partial charge in [0.1, 0.15) is 13.2 Å². The van der Waals surface area contributed by atoms with Crippen molar-refractivity contribution in [1.82, 2.24) is 0 Å². The first kappa shape index (κ1) is 22.4. The number of alkyl halides is 2. The van der Waals surface area contributed by atoms with Gasteiger partial charge in [-0.3, -0.25) is 0 Å². The molecule has 0 saturated heterocycles. The van der Waals surface area contributed by atoms with Crippen LogP contribution < -0.4 is 18.9 Å². The Hall–Kier alpha value is -0.940. The maximum atomic E-state index is 5.75. The van der Waals surface area contributed by atoms with Crippen molar-refractivity contribution in [3.63, 3.8) is 0 Å². The Morgan fingerprint density at radius 2 is 0.815 bits per heavy atom. The van der Waals surface area contributed by atoms with Crippen LogP contribution in [0.15, 0.2) is 48.5 Å². The molecule has 0 aliphatic rings. The predicted octanol–water partition coefficient (Wildman–Crippen LogP) is 4.79. The quantitative estimate of drug-likeness (QED) is 0.178. The van der Waals surface area contributed by atoms with Crippen LogP contribution in [0.2, 0.25) is 0 Å². The van der Waals surface area contributed by atoms with Gasteiger partial charge in [-0.15, -0.1) is 0 Å². The number of para-hydroxylation sites is 4. The lowest BCUT2D eigenvalue weighted by molar-refractivity contribution is 0.0747. The van der Waals surface area contributed by atoms with E-state index in [0.29, 0.717) is 39.6 Å². The minimum Gasteiger partial charge on any atom is -0.489 e. The van der Waals surface area contributed by atoms with Crippen molar-refractivity contribution >= 4 is 45.2 Å². The molecule has 0 saturated carbocycles. The van der Waals surface area contributed by atoms with E-state index in [-0.39, 0.29) is 0 Å². The topological polar surface area (TPSA) is 46.2 Å². The van der Waals surface area contributed by atoms with Crippen LogP contribution in [-0.4, -0.2) is 48.5 Å². The molecule has 2 aromatic carbocycles. The van der Waals surface area contributed by atoms with Gasteiger partial charge in [0.15, 0.2) is 23.0 Å². The van der Waals surface area contributed by atoms with Crippen LogP contribution in [0.25, 0.3) is 0 Å². The number of rotatable bonds is 14. The van der Waals surface area contributed by atoms with E-state index in [1.54, 1.807) is 0 Å². The Morgan fingerprint density at radius 1 is 0.481 bits per heavy atom. The monoisotopic (exact) mass is 598 g/mol. The Labute approximate surface area is 187 Å². The third-order valence-electron chi connectivity index (χ3n) is 3.34. The van der Waals surface area contributed by atoms with E-state index in [4.69, 9.17) is 23.7 Å². The Bertz CT molecular complexity index is 598. The van der Waals surface area contributed by atoms with E-state index in [1.807, 2.05) is 48.5 Å². The summed E-state index contributed by atoms with van der Waals surface area (Å²) in [5.74, 6) is 3.01. The Morgan fingerprint density at radius 3 is 1.15 bits per heavy atom. The molecule has 2 rings (SSSR count). The number of hydrogen-bond acceptors (Lipinski definition) is 5. The van der Waals surface area contributed by atoms with Gasteiger partial charge >= 0.3 is 0 Å². The highest BCUT2D eigenvalue weighted by Gasteiger charge is 2.05. The summed E-state index contributed by atoms with van der Waals surface area (Å²) in [6.45, 7) is 3.21. The van der Waals surface area contributed by atoms with Crippen molar-refractivity contribution in [3.8, 4) is 23.0 Å². The zero-order valence-electron chi connectivity index (χ0n) is 15.1. The zero-order chi connectivity index (χ0) is 19.2. The fourth-order valence-electron chi connectivity index (χ4n) is 2.20. The van der Waals surface area contributed by atoms with Crippen LogP contribution >= 0.6 is 45.2 Å². The second-order valence-electron chi connectivity index (χ2n) is 5.28. The van der Waals surface area contributed by atoms with Gasteiger partial charge < -0.3 is 23.7 Å². The predicted molar refractivity (Wildman–Crippen MR) is 123 cm³/mol. The molecule has 27 heavy (non-hydrogen) atoms. The van der Waals surface area contributed by atoms with Gasteiger partial charge in [0.2, 0.25) is 0 Å². The first-order valence-electron chi connectivity index (χ1n) is 8.74. The highest BCUT2D eigenvalue weighted by molar-refractivity contribution is 14.1. The average molecular weight is 598 g/mol. The van der Waals surface area contributed by atoms with E-state index in [1.165, 1.54) is 0 Å². The molecule has 2 aromatic rings. The first-order valence-corrected chi connectivity index (χ1v) is 11.8. The molecule has 0 aliphatic carbocycles. The van der Waals surface area contributed by atoms with E-state index < -0.39 is 0 Å². The van der Waals surface area contributed by atoms with Crippen LogP contribution in [0, 0.1) is 0 Å². The second-order valence-corrected chi connectivity index (χ2v) is 7.44. The summed E-state index contributed by atoms with van der Waals surface area (Å²) >= 11 is 4.56. The van der Waals surface area contributed by atoms with Crippen molar-refractivity contribution in [2.24, 2.45) is 0 Å². The van der Waals surface area contributed by atoms with Gasteiger partial charge in [-0.1, -0.05) is 69.4 Å². The molecule has 5 nitrogen and oxygen atoms in total. The van der Waals surface area contributed by atoms with Gasteiger partial charge in [0.05, 0.1) is 26.4 Å². The Balaban J connectivity index is 1.63. The summed E-state index contributed by atoms with van der Waals surface area (Å²) in [5, 5.41) is 0. The third-order valence-corrected chi connectivity index (χ3v) is 4.22. The van der Waals surface area contributed by atoms with Crippen molar-refractivity contribution in [2.75, 3.05) is 48.5 Å². The van der Waals surface area contributed by atoms with Crippen molar-refractivity contribution in [1.29, 1.82) is 0 Å². The molecule has 0 aliphatic heterocycles. The maximum absolute atomic E-state index is 5.75. The molecule has 148 valence electrons. The lowest BCUT2D eigenvalue weighted by Gasteiger charge is -2.13. The van der Waals surface area contributed by atoms with E-state index in [2.05, 4.69) is 45.2 Å². The molecule has 0 unspecified atom stereocenters. The van der Waals surface area contributed by atoms with Gasteiger partial charge in [0, 0.05) is 8.86 Å². The van der Waals surface area contributed by atoms with Crippen LogP contribution in [-0.2, 0) is 4.74 Å². The summed E-state index contributed by atoms with van der Waals surface area (Å²) in [4.78, 5) is 0. The second kappa shape index (κ2) is 14.1. The molecule has 0 fully saturated rings. The van der Waals surface area contributed by atoms with E-state index >= 15 is 0 Å². The number of halogens is 2. The highest BCUT2D eigenvalue weighted by atomic mass is 127. The molecular weight excluding hydrogens is 574 g/mol. The molecule has 0 heterocycles. The summed E-state index contributed by atoms with van der Waals surface area (Å²) < 4.78 is 30.3. The van der Waals surface area contributed by atoms with Crippen LogP contribution in [0.1, 0.15) is 0 Å². The Kier molecular flexibility index (Phi) is 11.7. The molecule has 0 amide bonds. The van der Waals surface area contributed by atoms with Crippen LogP contribution in [0.5, 0.6) is 23.0 Å². The lowest BCUT2D eigenvalue weighted by atomic mass is 10.3. The summed E-state index contributed by atoms with van der Waals surface area (Å²) in [5.41, 5.74) is 0. The van der Waals surface area contributed by atoms with Gasteiger partial charge in [-0.25, -0.2) is 0 Å². The van der Waals surface area contributed by atoms with Gasteiger partial charge in [-0.05, 0) is 24.3 Å². The SMILES string of the molecule is ICCOc1ccccc1OCCOCCOc1ccccc1OCCI. The van der Waals surface area contributed by atoms with Crippen LogP contribution in [0.3, 0.4) is 0 Å². The minimum atomic E-state index is 0.458. The smallest absolute Gasteiger partial charge is 0.161 e. The molecule has 0 spiro atoms. The van der Waals surface area contributed by atoms with Crippen molar-refractivity contribution in [3.05, 3.63) is 48.5 Å². The molecule has 7 heteroatoms. The molecule has 0 bridgehead atoms. The highest BCUT2D eigenvalue weighted by Crippen LogP contribution is 2.27. The van der Waals surface area contributed by atoms with Gasteiger partial charge in [-0.2, -0.15) is 0 Å². The summed E-state index contributed by atoms with van der Waals surface area (Å²) in [6, 6.07) is 15.4. The van der Waals surface area contributed by atoms with Crippen LogP contribution in [0.4, 0.5) is 0 Å². The normalized spacial score (nSPS) is 10.4. The lowest BCUT2D eigenvalue weighted by Crippen LogP contribution is -2.13. The molecule has 0 aromatic heterocycles. The van der Waals surface area contributed by atoms with Crippen molar-refractivity contribution < 1.29 is 23.7 Å². The standard InChI is InChI=1S/C20H24I2O5/c21-9-11-24-17-5-1-3-7-19(17)26-15-13-23-14-16-27-20-8-4-2-6-18(20)25-12-10-22/h1-8H,9-16H2.